The third-order valence-corrected chi connectivity index (χ3v) is 40.5. The summed E-state index contributed by atoms with van der Waals surface area (Å²) in [5.74, 6) is 0. The minimum Gasteiger partial charge on any atom is -0.311 e. The fourth-order valence-corrected chi connectivity index (χ4v) is 60.8. The van der Waals surface area contributed by atoms with Crippen LogP contribution in [0.4, 0.5) is 0 Å². The van der Waals surface area contributed by atoms with Crippen LogP contribution in [0, 0.1) is 9.58 Å². The molecule has 7 heteroatoms. The Morgan fingerprint density at radius 3 is 0.333 bits per heavy atom. The van der Waals surface area contributed by atoms with Crippen molar-refractivity contribution in [3.05, 3.63) is 9.58 Å². The summed E-state index contributed by atoms with van der Waals surface area (Å²) in [5, 5.41) is 0. The van der Waals surface area contributed by atoms with Crippen LogP contribution in [0.25, 0.3) is 0 Å². The molecule has 0 spiro atoms. The van der Waals surface area contributed by atoms with Gasteiger partial charge < -0.3 is 9.58 Å². The molecule has 0 atom stereocenters. The second kappa shape index (κ2) is 10.4. The van der Waals surface area contributed by atoms with Crippen molar-refractivity contribution >= 4 is 48.4 Å². The van der Waals surface area contributed by atoms with Gasteiger partial charge in [0.25, 0.3) is 0 Å². The van der Waals surface area contributed by atoms with E-state index in [0.717, 1.165) is 0 Å². The summed E-state index contributed by atoms with van der Waals surface area (Å²) >= 11 is 0. The Morgan fingerprint density at radius 2 is 0.333 bits per heavy atom. The van der Waals surface area contributed by atoms with E-state index in [1.165, 1.54) is 0 Å². The first kappa shape index (κ1) is 33.5. The van der Waals surface area contributed by atoms with E-state index < -0.39 is 48.4 Å². The molecule has 0 fully saturated rings. The molecule has 0 N–H and O–H groups in total. The Labute approximate surface area is 192 Å². The summed E-state index contributed by atoms with van der Waals surface area (Å²) < 4.78 is 0. The molecule has 0 aliphatic heterocycles. The van der Waals surface area contributed by atoms with Gasteiger partial charge in [-0.2, -0.15) is 0 Å². The summed E-state index contributed by atoms with van der Waals surface area (Å²) in [4.78, 5) is 4.12. The van der Waals surface area contributed by atoms with Gasteiger partial charge >= 0.3 is 17.1 Å². The molecule has 166 valence electrons. The van der Waals surface area contributed by atoms with Gasteiger partial charge in [0, 0.05) is 0 Å². The van der Waals surface area contributed by atoms with Crippen molar-refractivity contribution in [3.63, 3.8) is 0 Å². The number of hydrogen-bond donors (Lipinski definition) is 0. The van der Waals surface area contributed by atoms with Crippen molar-refractivity contribution in [2.75, 3.05) is 0 Å². The molecule has 27 heavy (non-hydrogen) atoms. The predicted octanol–water partition coefficient (Wildman–Crippen LogP) is 8.38. The number of hydrogen-bond acceptors (Lipinski definition) is 0. The minimum absolute atomic E-state index is 0. The molecular weight excluding hydrogens is 465 g/mol. The molecule has 0 bridgehead atoms. The van der Waals surface area contributed by atoms with Gasteiger partial charge in [-0.3, -0.25) is 0 Å². The molecule has 0 aliphatic rings. The molecule has 0 unspecified atom stereocenters. The standard InChI is InChI=1S/2C10H27Si3.Fe/c2*1-11(2,3)10(12(4,5)6)13(7,8)9;/h2*1-9H3;/q2*-1;+2. The van der Waals surface area contributed by atoms with Crippen LogP contribution in [0.2, 0.25) is 118 Å². The molecule has 0 radical (unpaired) electrons. The van der Waals surface area contributed by atoms with Gasteiger partial charge in [0.05, 0.1) is 0 Å². The molecule has 0 aliphatic carbocycles. The van der Waals surface area contributed by atoms with Crippen LogP contribution in [0.15, 0.2) is 0 Å². The van der Waals surface area contributed by atoms with Crippen molar-refractivity contribution in [1.29, 1.82) is 0 Å². The van der Waals surface area contributed by atoms with Crippen molar-refractivity contribution in [3.8, 4) is 0 Å². The largest absolute Gasteiger partial charge is 2.00 e. The van der Waals surface area contributed by atoms with Crippen molar-refractivity contribution in [2.24, 2.45) is 0 Å². The summed E-state index contributed by atoms with van der Waals surface area (Å²) in [6.45, 7) is 45.5. The van der Waals surface area contributed by atoms with Crippen molar-refractivity contribution in [1.82, 2.24) is 0 Å². The molecule has 0 saturated carbocycles. The molecule has 0 aromatic rings. The Bertz CT molecular complexity index is 314. The Hall–Kier alpha value is 1.82. The van der Waals surface area contributed by atoms with Gasteiger partial charge in [0.2, 0.25) is 0 Å². The molecule has 0 aromatic heterocycles. The molecule has 0 amide bonds. The van der Waals surface area contributed by atoms with E-state index in [2.05, 4.69) is 127 Å². The maximum absolute atomic E-state index is 2.53. The van der Waals surface area contributed by atoms with Crippen LogP contribution in [0.1, 0.15) is 0 Å². The van der Waals surface area contributed by atoms with Gasteiger partial charge in [-0.1, -0.05) is 118 Å². The zero-order valence-electron chi connectivity index (χ0n) is 22.4. The van der Waals surface area contributed by atoms with E-state index in [0.29, 0.717) is 0 Å². The third kappa shape index (κ3) is 13.0. The average molecular weight is 519 g/mol. The maximum Gasteiger partial charge on any atom is 2.00 e. The topological polar surface area (TPSA) is 0 Å². The van der Waals surface area contributed by atoms with Crippen molar-refractivity contribution in [2.45, 2.75) is 118 Å². The van der Waals surface area contributed by atoms with Crippen molar-refractivity contribution < 1.29 is 17.1 Å². The Balaban J connectivity index is -0.000000411. The fraction of sp³-hybridized carbons (Fsp3) is 0.900. The second-order valence-corrected chi connectivity index (χ2v) is 47.2. The molecule has 0 nitrogen and oxygen atoms in total. The number of rotatable bonds is 6. The summed E-state index contributed by atoms with van der Waals surface area (Å²) in [5.41, 5.74) is 0. The van der Waals surface area contributed by atoms with Gasteiger partial charge in [-0.05, 0) is 0 Å². The van der Waals surface area contributed by atoms with Crippen LogP contribution in [0.3, 0.4) is 0 Å². The van der Waals surface area contributed by atoms with E-state index in [1.807, 2.05) is 0 Å². The molecular formula is C20H54FeSi6. The molecule has 0 heterocycles. The van der Waals surface area contributed by atoms with Crippen LogP contribution in [-0.4, -0.2) is 48.4 Å². The van der Waals surface area contributed by atoms with E-state index >= 15 is 0 Å². The van der Waals surface area contributed by atoms with Gasteiger partial charge in [0.1, 0.15) is 0 Å². The second-order valence-electron chi connectivity index (χ2n) is 14.2. The van der Waals surface area contributed by atoms with Gasteiger partial charge in [-0.25, -0.2) is 0 Å². The summed E-state index contributed by atoms with van der Waals surface area (Å²) in [6.07, 6.45) is 0. The normalized spacial score (nSPS) is 14.7. The third-order valence-electron chi connectivity index (χ3n) is 4.50. The molecule has 0 aromatic carbocycles. The average Bonchev–Trinajstić information content (AvgIpc) is 1.97. The Morgan fingerprint density at radius 1 is 0.259 bits per heavy atom. The van der Waals surface area contributed by atoms with Crippen LogP contribution >= 0.6 is 0 Å². The predicted molar refractivity (Wildman–Crippen MR) is 147 cm³/mol. The monoisotopic (exact) mass is 518 g/mol. The molecule has 0 rings (SSSR count). The SMILES string of the molecule is C[Si](C)(C)[C-]([Si](C)(C)C)[Si](C)(C)C.C[Si](C)(C)[C-]([Si](C)(C)C)[Si](C)(C)C.[Fe+2]. The zero-order valence-corrected chi connectivity index (χ0v) is 29.5. The van der Waals surface area contributed by atoms with E-state index in [9.17, 15) is 0 Å². The fourth-order valence-electron chi connectivity index (χ4n) is 6.75. The smallest absolute Gasteiger partial charge is 0.311 e. The zero-order chi connectivity index (χ0) is 22.2. The van der Waals surface area contributed by atoms with Gasteiger partial charge in [-0.15, -0.1) is 48.4 Å². The first-order chi connectivity index (χ1) is 10.7. The molecule has 0 saturated heterocycles. The van der Waals surface area contributed by atoms with Crippen LogP contribution < -0.4 is 0 Å². The first-order valence-electron chi connectivity index (χ1n) is 10.5. The quantitative estimate of drug-likeness (QED) is 0.245. The van der Waals surface area contributed by atoms with Crippen LogP contribution in [0.5, 0.6) is 0 Å². The van der Waals surface area contributed by atoms with Gasteiger partial charge in [0.15, 0.2) is 0 Å². The Kier molecular flexibility index (Phi) is 12.9. The summed E-state index contributed by atoms with van der Waals surface area (Å²) in [6, 6.07) is 0. The van der Waals surface area contributed by atoms with E-state index in [1.54, 1.807) is 0 Å². The minimum atomic E-state index is -1.02. The summed E-state index contributed by atoms with van der Waals surface area (Å²) in [7, 11) is -6.10. The van der Waals surface area contributed by atoms with E-state index in [-0.39, 0.29) is 17.1 Å². The first-order valence-corrected chi connectivity index (χ1v) is 31.5. The van der Waals surface area contributed by atoms with Crippen LogP contribution in [-0.2, 0) is 17.1 Å². The van der Waals surface area contributed by atoms with E-state index in [4.69, 9.17) is 0 Å². The maximum atomic E-state index is 2.53.